The molecule has 1 amide bonds. The minimum atomic E-state index is -0.0833. The van der Waals surface area contributed by atoms with Crippen LogP contribution in [0.4, 0.5) is 0 Å². The van der Waals surface area contributed by atoms with E-state index in [1.807, 2.05) is 12.1 Å². The Labute approximate surface area is 101 Å². The van der Waals surface area contributed by atoms with E-state index >= 15 is 0 Å². The van der Waals surface area contributed by atoms with Gasteiger partial charge in [-0.25, -0.2) is 0 Å². The van der Waals surface area contributed by atoms with Crippen molar-refractivity contribution in [3.8, 4) is 5.75 Å². The molecule has 4 nitrogen and oxygen atoms in total. The second kappa shape index (κ2) is 5.68. The number of para-hydroxylation sites is 1. The number of amides is 1. The smallest absolute Gasteiger partial charge is 0.255 e. The molecule has 0 heterocycles. The molecule has 1 aliphatic carbocycles. The van der Waals surface area contributed by atoms with Crippen molar-refractivity contribution in [2.24, 2.45) is 0 Å². The molecule has 1 aliphatic rings. The number of benzene rings is 1. The molecule has 4 heteroatoms. The minimum Gasteiger partial charge on any atom is -0.496 e. The van der Waals surface area contributed by atoms with Crippen molar-refractivity contribution in [3.63, 3.8) is 0 Å². The van der Waals surface area contributed by atoms with Crippen molar-refractivity contribution in [2.45, 2.75) is 18.9 Å². The molecule has 0 spiro atoms. The van der Waals surface area contributed by atoms with E-state index in [0.29, 0.717) is 23.9 Å². The van der Waals surface area contributed by atoms with Crippen molar-refractivity contribution in [3.05, 3.63) is 29.8 Å². The molecule has 2 N–H and O–H groups in total. The number of carbonyl (C=O) groups excluding carboxylic acids is 1. The summed E-state index contributed by atoms with van der Waals surface area (Å²) in [4.78, 5) is 11.9. The van der Waals surface area contributed by atoms with Gasteiger partial charge in [0, 0.05) is 19.1 Å². The average Bonchev–Trinajstić information content (AvgIpc) is 3.18. The molecule has 0 atom stereocenters. The van der Waals surface area contributed by atoms with Crippen molar-refractivity contribution >= 4 is 5.91 Å². The fourth-order valence-electron chi connectivity index (χ4n) is 1.67. The van der Waals surface area contributed by atoms with Crippen molar-refractivity contribution < 1.29 is 9.53 Å². The van der Waals surface area contributed by atoms with Gasteiger partial charge in [-0.05, 0) is 25.0 Å². The standard InChI is InChI=1S/C13H18N2O2/c1-17-12-5-3-2-4-11(12)13(16)15-9-8-14-10-6-7-10/h2-5,10,14H,6-9H2,1H3,(H,15,16). The number of methoxy groups -OCH3 is 1. The Kier molecular flexibility index (Phi) is 3.98. The summed E-state index contributed by atoms with van der Waals surface area (Å²) in [7, 11) is 1.57. The quantitative estimate of drug-likeness (QED) is 0.727. The molecule has 0 unspecified atom stereocenters. The number of ether oxygens (including phenoxy) is 1. The molecular weight excluding hydrogens is 216 g/mol. The number of hydrogen-bond acceptors (Lipinski definition) is 3. The van der Waals surface area contributed by atoms with Gasteiger partial charge in [-0.3, -0.25) is 4.79 Å². The molecular formula is C13H18N2O2. The predicted octanol–water partition coefficient (Wildman–Crippen LogP) is 1.18. The molecule has 17 heavy (non-hydrogen) atoms. The number of rotatable bonds is 6. The summed E-state index contributed by atoms with van der Waals surface area (Å²) in [5.74, 6) is 0.528. The van der Waals surface area contributed by atoms with Crippen LogP contribution in [0.2, 0.25) is 0 Å². The third kappa shape index (κ3) is 3.46. The summed E-state index contributed by atoms with van der Waals surface area (Å²) in [6.45, 7) is 1.47. The lowest BCUT2D eigenvalue weighted by Crippen LogP contribution is -2.32. The van der Waals surface area contributed by atoms with Crippen LogP contribution in [-0.4, -0.2) is 32.1 Å². The Morgan fingerprint density at radius 1 is 1.35 bits per heavy atom. The third-order valence-electron chi connectivity index (χ3n) is 2.77. The molecule has 0 aliphatic heterocycles. The van der Waals surface area contributed by atoms with Gasteiger partial charge in [0.2, 0.25) is 0 Å². The second-order valence-electron chi connectivity index (χ2n) is 4.18. The Morgan fingerprint density at radius 2 is 2.12 bits per heavy atom. The summed E-state index contributed by atoms with van der Waals surface area (Å²) < 4.78 is 5.14. The first-order valence-corrected chi connectivity index (χ1v) is 5.96. The molecule has 0 bridgehead atoms. The predicted molar refractivity (Wildman–Crippen MR) is 66.4 cm³/mol. The van der Waals surface area contributed by atoms with Crippen LogP contribution >= 0.6 is 0 Å². The summed E-state index contributed by atoms with van der Waals surface area (Å²) in [5.41, 5.74) is 0.585. The second-order valence-corrected chi connectivity index (χ2v) is 4.18. The molecule has 1 saturated carbocycles. The molecule has 0 radical (unpaired) electrons. The van der Waals surface area contributed by atoms with E-state index in [2.05, 4.69) is 10.6 Å². The van der Waals surface area contributed by atoms with Crippen molar-refractivity contribution in [1.82, 2.24) is 10.6 Å². The Bertz CT molecular complexity index is 389. The SMILES string of the molecule is COc1ccccc1C(=O)NCCNC1CC1. The van der Waals surface area contributed by atoms with E-state index in [-0.39, 0.29) is 5.91 Å². The molecule has 92 valence electrons. The summed E-state index contributed by atoms with van der Waals surface area (Å²) in [6.07, 6.45) is 2.53. The third-order valence-corrected chi connectivity index (χ3v) is 2.77. The average molecular weight is 234 g/mol. The lowest BCUT2D eigenvalue weighted by atomic mass is 10.2. The van der Waals surface area contributed by atoms with E-state index in [9.17, 15) is 4.79 Å². The fourth-order valence-corrected chi connectivity index (χ4v) is 1.67. The fraction of sp³-hybridized carbons (Fsp3) is 0.462. The van der Waals surface area contributed by atoms with E-state index in [4.69, 9.17) is 4.74 Å². The zero-order chi connectivity index (χ0) is 12.1. The van der Waals surface area contributed by atoms with E-state index in [0.717, 1.165) is 6.54 Å². The van der Waals surface area contributed by atoms with Crippen LogP contribution in [0.1, 0.15) is 23.2 Å². The molecule has 1 fully saturated rings. The van der Waals surface area contributed by atoms with Gasteiger partial charge in [-0.15, -0.1) is 0 Å². The van der Waals surface area contributed by atoms with Gasteiger partial charge in [0.15, 0.2) is 0 Å². The number of carbonyl (C=O) groups is 1. The molecule has 1 aromatic rings. The maximum absolute atomic E-state index is 11.9. The molecule has 0 saturated heterocycles. The van der Waals surface area contributed by atoms with Gasteiger partial charge in [0.1, 0.15) is 5.75 Å². The minimum absolute atomic E-state index is 0.0833. The van der Waals surface area contributed by atoms with Crippen LogP contribution in [0, 0.1) is 0 Å². The van der Waals surface area contributed by atoms with Gasteiger partial charge >= 0.3 is 0 Å². The van der Waals surface area contributed by atoms with Gasteiger partial charge in [-0.2, -0.15) is 0 Å². The van der Waals surface area contributed by atoms with Crippen LogP contribution in [0.3, 0.4) is 0 Å². The van der Waals surface area contributed by atoms with Gasteiger partial charge in [-0.1, -0.05) is 12.1 Å². The van der Waals surface area contributed by atoms with E-state index < -0.39 is 0 Å². The lowest BCUT2D eigenvalue weighted by molar-refractivity contribution is 0.0951. The summed E-state index contributed by atoms with van der Waals surface area (Å²) >= 11 is 0. The van der Waals surface area contributed by atoms with E-state index in [1.165, 1.54) is 12.8 Å². The molecule has 0 aromatic heterocycles. The summed E-state index contributed by atoms with van der Waals surface area (Å²) in [5, 5.41) is 6.22. The highest BCUT2D eigenvalue weighted by Crippen LogP contribution is 2.18. The number of hydrogen-bond donors (Lipinski definition) is 2. The van der Waals surface area contributed by atoms with Gasteiger partial charge in [0.25, 0.3) is 5.91 Å². The van der Waals surface area contributed by atoms with Crippen LogP contribution in [-0.2, 0) is 0 Å². The number of nitrogens with one attached hydrogen (secondary N) is 2. The normalized spacial score (nSPS) is 14.4. The topological polar surface area (TPSA) is 50.4 Å². The van der Waals surface area contributed by atoms with E-state index in [1.54, 1.807) is 19.2 Å². The van der Waals surface area contributed by atoms with Gasteiger partial charge in [0.05, 0.1) is 12.7 Å². The largest absolute Gasteiger partial charge is 0.496 e. The molecule has 1 aromatic carbocycles. The van der Waals surface area contributed by atoms with Crippen molar-refractivity contribution in [1.29, 1.82) is 0 Å². The first-order valence-electron chi connectivity index (χ1n) is 5.96. The Morgan fingerprint density at radius 3 is 2.82 bits per heavy atom. The first-order chi connectivity index (χ1) is 8.31. The first kappa shape index (κ1) is 11.9. The maximum atomic E-state index is 11.9. The van der Waals surface area contributed by atoms with Crippen LogP contribution in [0.15, 0.2) is 24.3 Å². The van der Waals surface area contributed by atoms with Crippen LogP contribution in [0.5, 0.6) is 5.75 Å². The zero-order valence-corrected chi connectivity index (χ0v) is 10.0. The van der Waals surface area contributed by atoms with Crippen LogP contribution < -0.4 is 15.4 Å². The highest BCUT2D eigenvalue weighted by atomic mass is 16.5. The summed E-state index contributed by atoms with van der Waals surface area (Å²) in [6, 6.07) is 7.92. The van der Waals surface area contributed by atoms with Gasteiger partial charge < -0.3 is 15.4 Å². The maximum Gasteiger partial charge on any atom is 0.255 e. The highest BCUT2D eigenvalue weighted by Gasteiger charge is 2.19. The van der Waals surface area contributed by atoms with Crippen LogP contribution in [0.25, 0.3) is 0 Å². The Balaban J connectivity index is 1.80. The van der Waals surface area contributed by atoms with Crippen molar-refractivity contribution in [2.75, 3.05) is 20.2 Å². The highest BCUT2D eigenvalue weighted by molar-refractivity contribution is 5.96. The Hall–Kier alpha value is -1.55. The monoisotopic (exact) mass is 234 g/mol. The lowest BCUT2D eigenvalue weighted by Gasteiger charge is -2.09. The molecule has 2 rings (SSSR count). The zero-order valence-electron chi connectivity index (χ0n) is 10.0.